The number of rotatable bonds is 18. The van der Waals surface area contributed by atoms with Crippen molar-refractivity contribution >= 4 is 54.8 Å². The van der Waals surface area contributed by atoms with Gasteiger partial charge < -0.3 is 50.5 Å². The highest BCUT2D eigenvalue weighted by Gasteiger charge is 2.50. The molecule has 0 aliphatic carbocycles. The molecule has 22 nitrogen and oxygen atoms in total. The van der Waals surface area contributed by atoms with Crippen LogP contribution in [0.25, 0.3) is 0 Å². The number of nitrogens with two attached hydrogens (primary N) is 1. The number of carboxylic acid groups (broad SMARTS) is 1. The second-order valence-electron chi connectivity index (χ2n) is 8.20. The minimum atomic E-state index is -6.15. The van der Waals surface area contributed by atoms with E-state index in [0.29, 0.717) is 0 Å². The van der Waals surface area contributed by atoms with Gasteiger partial charge in [0.05, 0.1) is 6.61 Å². The summed E-state index contributed by atoms with van der Waals surface area (Å²) in [5.41, 5.74) is 6.21. The van der Waals surface area contributed by atoms with Gasteiger partial charge in [-0.15, -0.1) is 0 Å². The van der Waals surface area contributed by atoms with Crippen LogP contribution in [-0.4, -0.2) is 105 Å². The van der Waals surface area contributed by atoms with Crippen molar-refractivity contribution in [3.63, 3.8) is 0 Å². The number of carboxylic acids is 1. The van der Waals surface area contributed by atoms with E-state index in [0.717, 1.165) is 18.5 Å². The summed E-state index contributed by atoms with van der Waals surface area (Å²) in [6.45, 7) is -0.929. The van der Waals surface area contributed by atoms with Gasteiger partial charge in [-0.05, 0) is 43.7 Å². The highest BCUT2D eigenvalue weighted by molar-refractivity contribution is 7.79. The smallest absolute Gasteiger partial charge is 0.479 e. The van der Waals surface area contributed by atoms with Crippen molar-refractivity contribution in [3.05, 3.63) is 24.3 Å². The Hall–Kier alpha value is -1.00. The highest BCUT2D eigenvalue weighted by atomic mass is 32.1. The molecule has 9 atom stereocenters. The van der Waals surface area contributed by atoms with E-state index in [-0.39, 0.29) is 13.0 Å². The monoisotopic (exact) mass is 737 g/mol. The van der Waals surface area contributed by atoms with Gasteiger partial charge in [-0.25, -0.2) is 33.0 Å². The lowest BCUT2D eigenvalue weighted by Crippen LogP contribution is -2.34. The molecule has 1 fully saturated rings. The van der Waals surface area contributed by atoms with Crippen molar-refractivity contribution in [1.29, 1.82) is 0 Å². The fourth-order valence-electron chi connectivity index (χ4n) is 2.90. The lowest BCUT2D eigenvalue weighted by molar-refractivity contribution is -0.146. The fourth-order valence-corrected chi connectivity index (χ4v) is 8.19. The molecule has 44 heavy (non-hydrogen) atoms. The Morgan fingerprint density at radius 3 is 2.11 bits per heavy atom. The number of aryl methyl sites for hydroxylation is 1. The van der Waals surface area contributed by atoms with E-state index in [9.17, 15) is 52.8 Å². The first-order valence-corrected chi connectivity index (χ1v) is 18.3. The zero-order valence-electron chi connectivity index (χ0n) is 22.2. The Bertz CT molecular complexity index is 1260. The largest absolute Gasteiger partial charge is 0.490 e. The molecule has 1 aromatic heterocycles. The van der Waals surface area contributed by atoms with Gasteiger partial charge in [-0.2, -0.15) is 12.9 Å². The minimum Gasteiger partial charge on any atom is -0.479 e. The number of thiocarbonyl (C=S) groups is 1. The third kappa shape index (κ3) is 15.5. The molecule has 0 spiro atoms. The van der Waals surface area contributed by atoms with Crippen LogP contribution < -0.4 is 5.73 Å². The van der Waals surface area contributed by atoms with E-state index >= 15 is 0 Å². The number of phosphoric ester groups is 2. The van der Waals surface area contributed by atoms with Crippen molar-refractivity contribution in [1.82, 2.24) is 9.97 Å². The predicted molar refractivity (Wildman–Crippen MR) is 146 cm³/mol. The van der Waals surface area contributed by atoms with Crippen LogP contribution in [-0.2, 0) is 56.2 Å². The topological polar surface area (TPSA) is 354 Å². The van der Waals surface area contributed by atoms with Gasteiger partial charge in [-0.3, -0.25) is 9.05 Å². The van der Waals surface area contributed by atoms with Crippen molar-refractivity contribution in [2.75, 3.05) is 13.2 Å². The average molecular weight is 737 g/mol. The van der Waals surface area contributed by atoms with E-state index in [1.54, 1.807) is 17.9 Å². The second kappa shape index (κ2) is 18.4. The Morgan fingerprint density at radius 2 is 1.64 bits per heavy atom. The van der Waals surface area contributed by atoms with Crippen molar-refractivity contribution < 1.29 is 89.8 Å². The van der Waals surface area contributed by atoms with Crippen LogP contribution in [0.2, 0.25) is 0 Å². The summed E-state index contributed by atoms with van der Waals surface area (Å²) in [4.78, 5) is 56.7. The van der Waals surface area contributed by atoms with E-state index in [2.05, 4.69) is 48.9 Å². The summed E-state index contributed by atoms with van der Waals surface area (Å²) in [6, 6.07) is 1.90. The number of aromatic nitrogens is 2. The molecular weight excluding hydrogens is 706 g/mol. The molecule has 1 aliphatic rings. The van der Waals surface area contributed by atoms with Crippen LogP contribution in [0.3, 0.4) is 0 Å². The lowest BCUT2D eigenvalue weighted by Gasteiger charge is -2.22. The maximum Gasteiger partial charge on any atom is 0.490 e. The quantitative estimate of drug-likeness (QED) is 0.0677. The van der Waals surface area contributed by atoms with Gasteiger partial charge in [0.1, 0.15) is 24.6 Å². The number of phosphoric acid groups is 4. The number of aliphatic carboxylic acids is 1. The number of hydrogen-bond acceptors (Lipinski definition) is 18. The molecule has 6 unspecified atom stereocenters. The van der Waals surface area contributed by atoms with E-state index in [4.69, 9.17) is 15.9 Å². The fraction of sp³-hybridized carbons (Fsp3) is 0.647. The van der Waals surface area contributed by atoms with Crippen molar-refractivity contribution in [2.24, 2.45) is 5.73 Å². The number of ether oxygens (including phenoxy) is 1. The molecule has 1 aromatic rings. The Morgan fingerprint density at radius 1 is 1.05 bits per heavy atom. The molecular formula is C17H31N3O19P4S. The Balaban J connectivity index is 0.000000813. The van der Waals surface area contributed by atoms with E-state index in [1.165, 1.54) is 0 Å². The van der Waals surface area contributed by atoms with E-state index in [1.807, 2.05) is 6.07 Å². The molecule has 0 radical (unpaired) electrons. The standard InChI is InChI=1S/C10H23NO19P4.C7H8N2S/c11-3-1-2-5(9(15)16)26-31(17,18)28-33(21,22)30-34(23,24)29-32(19,20)27-10-8(14)7(13)6(4-12)25-10;10-5-1-2-7-3-4-8-6-9-7/h5-8,10,12-14H,1-4,11H2,(H,15,16)(H,17,18)(H,19,20)(H,21,22)(H,23,24);3-6H,1-2H2/t5?,6-,7-,8-,10?;/m1./s1. The van der Waals surface area contributed by atoms with Crippen molar-refractivity contribution in [3.8, 4) is 0 Å². The van der Waals surface area contributed by atoms with Crippen LogP contribution in [0.5, 0.6) is 0 Å². The first-order valence-electron chi connectivity index (χ1n) is 11.8. The average Bonchev–Trinajstić information content (AvgIpc) is 3.15. The summed E-state index contributed by atoms with van der Waals surface area (Å²) in [5, 5.41) is 38.7. The Kier molecular flexibility index (Phi) is 17.1. The maximum absolute atomic E-state index is 11.9. The zero-order chi connectivity index (χ0) is 33.8. The lowest BCUT2D eigenvalue weighted by atomic mass is 10.1. The van der Waals surface area contributed by atoms with Crippen molar-refractivity contribution in [2.45, 2.75) is 56.4 Å². The summed E-state index contributed by atoms with van der Waals surface area (Å²) >= 11 is 4.68. The number of carbonyl (C=O) groups is 1. The van der Waals surface area contributed by atoms with Crippen LogP contribution in [0.4, 0.5) is 0 Å². The Labute approximate surface area is 254 Å². The SMILES string of the molecule is NCCCC(OP(=O)(O)OP(=O)(O)OP(=O)(O)OP(=O)(O)OC1O[C@H](CO)[C@@H](O)[C@H]1O)C(=O)O.S=CCCc1ccncn1. The van der Waals surface area contributed by atoms with Gasteiger partial charge in [0.15, 0.2) is 12.4 Å². The third-order valence-electron chi connectivity index (χ3n) is 4.72. The van der Waals surface area contributed by atoms with Crippen LogP contribution >= 0.6 is 43.5 Å². The predicted octanol–water partition coefficient (Wildman–Crippen LogP) is -0.489. The molecule has 1 aliphatic heterocycles. The first-order chi connectivity index (χ1) is 20.3. The molecule has 27 heteroatoms. The van der Waals surface area contributed by atoms with Crippen LogP contribution in [0.15, 0.2) is 18.6 Å². The molecule has 2 heterocycles. The summed E-state index contributed by atoms with van der Waals surface area (Å²) in [5.74, 6) is -1.79. The summed E-state index contributed by atoms with van der Waals surface area (Å²) in [7, 11) is -23.9. The van der Waals surface area contributed by atoms with Crippen LogP contribution in [0, 0.1) is 0 Å². The van der Waals surface area contributed by atoms with Gasteiger partial charge in [0.2, 0.25) is 0 Å². The zero-order valence-corrected chi connectivity index (χ0v) is 26.6. The molecule has 0 saturated carbocycles. The number of aliphatic hydroxyl groups is 3. The maximum atomic E-state index is 11.9. The summed E-state index contributed by atoms with van der Waals surface area (Å²) in [6.07, 6.45) is -4.92. The molecule has 1 saturated heterocycles. The molecule has 10 N–H and O–H groups in total. The van der Waals surface area contributed by atoms with Gasteiger partial charge >= 0.3 is 37.3 Å². The molecule has 0 aromatic carbocycles. The highest BCUT2D eigenvalue weighted by Crippen LogP contribution is 2.72. The molecule has 2 rings (SSSR count). The second-order valence-corrected chi connectivity index (χ2v) is 14.7. The molecule has 0 amide bonds. The molecule has 254 valence electrons. The van der Waals surface area contributed by atoms with Gasteiger partial charge in [-0.1, -0.05) is 12.2 Å². The minimum absolute atomic E-state index is 0.0226. The van der Waals surface area contributed by atoms with Gasteiger partial charge in [0, 0.05) is 11.9 Å². The van der Waals surface area contributed by atoms with Crippen LogP contribution in [0.1, 0.15) is 25.0 Å². The summed E-state index contributed by atoms with van der Waals surface area (Å²) < 4.78 is 71.2. The van der Waals surface area contributed by atoms with Gasteiger partial charge in [0.25, 0.3) is 0 Å². The normalized spacial score (nSPS) is 26.1. The number of hydrogen-bond donors (Lipinski definition) is 9. The third-order valence-corrected chi connectivity index (χ3v) is 10.9. The first kappa shape index (κ1) is 41.0. The number of nitrogens with zero attached hydrogens (tertiary/aromatic N) is 2. The molecule has 0 bridgehead atoms. The number of aliphatic hydroxyl groups excluding tert-OH is 3. The van der Waals surface area contributed by atoms with E-state index < -0.39 is 81.0 Å².